The van der Waals surface area contributed by atoms with E-state index in [0.29, 0.717) is 25.0 Å². The molecule has 0 spiro atoms. The highest BCUT2D eigenvalue weighted by Crippen LogP contribution is 2.34. The Bertz CT molecular complexity index is 680. The van der Waals surface area contributed by atoms with E-state index in [9.17, 15) is 0 Å². The van der Waals surface area contributed by atoms with Crippen molar-refractivity contribution in [3.8, 4) is 0 Å². The van der Waals surface area contributed by atoms with Gasteiger partial charge < -0.3 is 14.5 Å². The number of aliphatic imine (C=N–C) groups is 2. The zero-order chi connectivity index (χ0) is 20.0. The molecule has 27 heavy (non-hydrogen) atoms. The van der Waals surface area contributed by atoms with Crippen LogP contribution in [0.15, 0.2) is 22.1 Å². The molecule has 2 atom stereocenters. The van der Waals surface area contributed by atoms with E-state index in [4.69, 9.17) is 19.5 Å². The molecule has 2 aliphatic heterocycles. The summed E-state index contributed by atoms with van der Waals surface area (Å²) < 4.78 is 11.9. The van der Waals surface area contributed by atoms with Crippen molar-refractivity contribution in [2.75, 3.05) is 13.2 Å². The number of hydrogen-bond acceptors (Lipinski definition) is 4. The monoisotopic (exact) mass is 373 g/mol. The molecule has 5 heteroatoms. The fourth-order valence-corrected chi connectivity index (χ4v) is 3.50. The van der Waals surface area contributed by atoms with Crippen LogP contribution in [-0.2, 0) is 20.3 Å². The van der Waals surface area contributed by atoms with Gasteiger partial charge in [-0.05, 0) is 51.7 Å². The summed E-state index contributed by atoms with van der Waals surface area (Å²) in [4.78, 5) is 13.3. The van der Waals surface area contributed by atoms with Crippen LogP contribution in [0.1, 0.15) is 66.8 Å². The zero-order valence-corrected chi connectivity index (χ0v) is 18.1. The zero-order valence-electron chi connectivity index (χ0n) is 18.1. The highest BCUT2D eigenvalue weighted by Gasteiger charge is 2.39. The van der Waals surface area contributed by atoms with Crippen LogP contribution in [0.25, 0.3) is 0 Å². The first-order valence-electron chi connectivity index (χ1n) is 10.2. The lowest BCUT2D eigenvalue weighted by Crippen LogP contribution is -2.32. The van der Waals surface area contributed by atoms with Crippen molar-refractivity contribution < 1.29 is 9.47 Å². The third-order valence-corrected chi connectivity index (χ3v) is 5.99. The largest absolute Gasteiger partial charge is 0.478 e. The van der Waals surface area contributed by atoms with Crippen molar-refractivity contribution in [1.29, 1.82) is 0 Å². The Morgan fingerprint density at radius 3 is 1.48 bits per heavy atom. The molecule has 0 aliphatic carbocycles. The molecule has 0 bridgehead atoms. The summed E-state index contributed by atoms with van der Waals surface area (Å²) in [6, 6.07) is 4.78. The maximum atomic E-state index is 5.96. The summed E-state index contributed by atoms with van der Waals surface area (Å²) >= 11 is 0. The number of aromatic amines is 1. The van der Waals surface area contributed by atoms with Crippen LogP contribution in [0.3, 0.4) is 0 Å². The first-order valence-corrected chi connectivity index (χ1v) is 10.2. The normalized spacial score (nSPS) is 23.5. The molecule has 0 saturated heterocycles. The third kappa shape index (κ3) is 3.65. The molecule has 0 fully saturated rings. The van der Waals surface area contributed by atoms with E-state index in [1.807, 2.05) is 0 Å². The van der Waals surface area contributed by atoms with Crippen LogP contribution in [0, 0.1) is 11.8 Å². The Labute approximate surface area is 163 Å². The minimum Gasteiger partial charge on any atom is -0.478 e. The summed E-state index contributed by atoms with van der Waals surface area (Å²) in [5.41, 5.74) is 1.62. The standard InChI is InChI=1S/C22H35N3O2/c1-13(2)15-11-26-19(23-15)21(5,6)17-9-10-18(25-17)22(7,8)20-24-16(12-27-20)14(3)4/h9-10,13-16,25H,11-12H2,1-8H3/t15-,16-/m1/s1. The molecule has 0 radical (unpaired) electrons. The first-order chi connectivity index (χ1) is 12.5. The summed E-state index contributed by atoms with van der Waals surface area (Å²) in [6.45, 7) is 18.8. The number of ether oxygens (including phenoxy) is 2. The van der Waals surface area contributed by atoms with Gasteiger partial charge in [0.2, 0.25) is 0 Å². The van der Waals surface area contributed by atoms with E-state index < -0.39 is 0 Å². The quantitative estimate of drug-likeness (QED) is 0.799. The number of aromatic nitrogens is 1. The van der Waals surface area contributed by atoms with Crippen LogP contribution < -0.4 is 0 Å². The molecule has 1 aromatic heterocycles. The number of H-pyrrole nitrogens is 1. The van der Waals surface area contributed by atoms with E-state index in [-0.39, 0.29) is 22.9 Å². The van der Waals surface area contributed by atoms with E-state index in [1.54, 1.807) is 0 Å². The minimum absolute atomic E-state index is 0.249. The summed E-state index contributed by atoms with van der Waals surface area (Å²) in [6.07, 6.45) is 0. The highest BCUT2D eigenvalue weighted by molar-refractivity contribution is 5.89. The summed E-state index contributed by atoms with van der Waals surface area (Å²) in [5, 5.41) is 0. The molecule has 3 rings (SSSR count). The lowest BCUT2D eigenvalue weighted by Gasteiger charge is -2.25. The van der Waals surface area contributed by atoms with Crippen molar-refractivity contribution in [3.63, 3.8) is 0 Å². The molecule has 3 heterocycles. The summed E-state index contributed by atoms with van der Waals surface area (Å²) in [5.74, 6) is 2.62. The Kier molecular flexibility index (Phi) is 5.17. The molecular weight excluding hydrogens is 338 g/mol. The van der Waals surface area contributed by atoms with Crippen molar-refractivity contribution in [3.05, 3.63) is 23.5 Å². The third-order valence-electron chi connectivity index (χ3n) is 5.99. The van der Waals surface area contributed by atoms with Crippen LogP contribution in [0.5, 0.6) is 0 Å². The fourth-order valence-electron chi connectivity index (χ4n) is 3.50. The topological polar surface area (TPSA) is 59.0 Å². The van der Waals surface area contributed by atoms with Gasteiger partial charge in [0.1, 0.15) is 13.2 Å². The number of rotatable bonds is 6. The second-order valence-corrected chi connectivity index (χ2v) is 9.65. The van der Waals surface area contributed by atoms with E-state index in [2.05, 4.69) is 72.5 Å². The van der Waals surface area contributed by atoms with Gasteiger partial charge in [-0.3, -0.25) is 0 Å². The van der Waals surface area contributed by atoms with Gasteiger partial charge in [-0.1, -0.05) is 27.7 Å². The van der Waals surface area contributed by atoms with E-state index >= 15 is 0 Å². The van der Waals surface area contributed by atoms with Gasteiger partial charge in [0, 0.05) is 11.4 Å². The van der Waals surface area contributed by atoms with Crippen molar-refractivity contribution >= 4 is 11.8 Å². The number of nitrogens with one attached hydrogen (secondary N) is 1. The van der Waals surface area contributed by atoms with Gasteiger partial charge in [-0.15, -0.1) is 0 Å². The van der Waals surface area contributed by atoms with Crippen LogP contribution in [0.2, 0.25) is 0 Å². The maximum absolute atomic E-state index is 5.96. The lowest BCUT2D eigenvalue weighted by molar-refractivity contribution is 0.272. The number of hydrogen-bond donors (Lipinski definition) is 1. The Balaban J connectivity index is 1.84. The SMILES string of the molecule is CC(C)[C@H]1COC(C(C)(C)c2ccc(C(C)(C)C3=N[C@@H](C(C)C)CO3)[nH]2)=N1. The van der Waals surface area contributed by atoms with Crippen molar-refractivity contribution in [2.45, 2.75) is 78.3 Å². The highest BCUT2D eigenvalue weighted by atomic mass is 16.5. The van der Waals surface area contributed by atoms with Gasteiger partial charge >= 0.3 is 0 Å². The second-order valence-electron chi connectivity index (χ2n) is 9.65. The molecule has 0 amide bonds. The van der Waals surface area contributed by atoms with Gasteiger partial charge in [0.15, 0.2) is 11.8 Å². The molecule has 0 unspecified atom stereocenters. The molecule has 1 aromatic rings. The molecule has 0 saturated carbocycles. The lowest BCUT2D eigenvalue weighted by atomic mass is 9.89. The average Bonchev–Trinajstić information content (AvgIpc) is 3.33. The Hall–Kier alpha value is -1.78. The van der Waals surface area contributed by atoms with Gasteiger partial charge in [-0.25, -0.2) is 9.98 Å². The van der Waals surface area contributed by atoms with Crippen LogP contribution in [0.4, 0.5) is 0 Å². The predicted molar refractivity (Wildman–Crippen MR) is 111 cm³/mol. The van der Waals surface area contributed by atoms with Crippen molar-refractivity contribution in [1.82, 2.24) is 4.98 Å². The van der Waals surface area contributed by atoms with E-state index in [1.165, 1.54) is 0 Å². The smallest absolute Gasteiger partial charge is 0.195 e. The van der Waals surface area contributed by atoms with Gasteiger partial charge in [0.05, 0.1) is 22.9 Å². The van der Waals surface area contributed by atoms with Gasteiger partial charge in [0.25, 0.3) is 0 Å². The molecule has 1 N–H and O–H groups in total. The van der Waals surface area contributed by atoms with Crippen LogP contribution >= 0.6 is 0 Å². The second kappa shape index (κ2) is 6.99. The average molecular weight is 374 g/mol. The minimum atomic E-state index is -0.295. The molecular formula is C22H35N3O2. The van der Waals surface area contributed by atoms with Gasteiger partial charge in [-0.2, -0.15) is 0 Å². The Morgan fingerprint density at radius 2 is 1.19 bits per heavy atom. The molecule has 2 aliphatic rings. The molecule has 0 aromatic carbocycles. The first kappa shape index (κ1) is 20.0. The molecule has 150 valence electrons. The van der Waals surface area contributed by atoms with E-state index in [0.717, 1.165) is 23.2 Å². The predicted octanol–water partition coefficient (Wildman–Crippen LogP) is 4.48. The summed E-state index contributed by atoms with van der Waals surface area (Å²) in [7, 11) is 0. The van der Waals surface area contributed by atoms with Crippen LogP contribution in [-0.4, -0.2) is 42.1 Å². The van der Waals surface area contributed by atoms with Crippen molar-refractivity contribution in [2.24, 2.45) is 21.8 Å². The molecule has 5 nitrogen and oxygen atoms in total. The fraction of sp³-hybridized carbons (Fsp3) is 0.727. The Morgan fingerprint density at radius 1 is 0.815 bits per heavy atom. The maximum Gasteiger partial charge on any atom is 0.195 e. The number of nitrogens with zero attached hydrogens (tertiary/aromatic N) is 2.